The monoisotopic (exact) mass is 2150 g/mol. The van der Waals surface area contributed by atoms with Gasteiger partial charge in [-0.2, -0.15) is 0 Å². The Bertz CT molecular complexity index is 5320. The molecule has 752 valence electrons. The van der Waals surface area contributed by atoms with Gasteiger partial charge in [0.2, 0.25) is 11.8 Å². The number of anilines is 5. The second-order valence-corrected chi connectivity index (χ2v) is 33.7. The average Bonchev–Trinajstić information content (AvgIpc) is 1.13. The molecule has 10 aromatic rings. The molecule has 0 aliphatic carbocycles. The van der Waals surface area contributed by atoms with Crippen molar-refractivity contribution < 1.29 is 83.7 Å². The van der Waals surface area contributed by atoms with Gasteiger partial charge in [-0.25, -0.2) is 49.5 Å². The molecule has 4 amide bonds. The Labute approximate surface area is 853 Å². The zero-order valence-corrected chi connectivity index (χ0v) is 79.7. The Kier molecular flexibility index (Phi) is 63.5. The van der Waals surface area contributed by atoms with Crippen molar-refractivity contribution in [2.45, 2.75) is 174 Å². The highest BCUT2D eigenvalue weighted by molar-refractivity contribution is 9.10. The van der Waals surface area contributed by atoms with Crippen LogP contribution in [0.3, 0.4) is 0 Å². The summed E-state index contributed by atoms with van der Waals surface area (Å²) in [4.78, 5) is 63.5. The number of alkyl halides is 3. The van der Waals surface area contributed by atoms with Crippen molar-refractivity contribution in [2.75, 3.05) is 61.6 Å². The van der Waals surface area contributed by atoms with Gasteiger partial charge in [0.15, 0.2) is 29.1 Å². The van der Waals surface area contributed by atoms with E-state index in [1.165, 1.54) is 30.3 Å². The van der Waals surface area contributed by atoms with Crippen LogP contribution in [0.25, 0.3) is 44.5 Å². The van der Waals surface area contributed by atoms with E-state index in [2.05, 4.69) is 31.9 Å². The number of likely N-dealkylation sites (tertiary alicyclic amines) is 2. The van der Waals surface area contributed by atoms with Gasteiger partial charge in [-0.1, -0.05) is 267 Å². The number of amides is 4. The van der Waals surface area contributed by atoms with Crippen LogP contribution in [0.4, 0.5) is 73.1 Å². The molecule has 38 heteroatoms. The average molecular weight is 2150 g/mol. The number of ether oxygens (including phenoxy) is 2. The summed E-state index contributed by atoms with van der Waals surface area (Å²) in [6, 6.07) is 55.4. The normalized spacial score (nSPS) is 14.8. The number of halogens is 18. The molecule has 3 aliphatic rings. The molecule has 19 nitrogen and oxygen atoms in total. The fourth-order valence-electron chi connectivity index (χ4n) is 12.0. The van der Waals surface area contributed by atoms with E-state index in [0.29, 0.717) is 74.0 Å². The summed E-state index contributed by atoms with van der Waals surface area (Å²) in [5.41, 5.74) is 20.3. The molecule has 0 aromatic heterocycles. The lowest BCUT2D eigenvalue weighted by molar-refractivity contribution is -0.142. The molecule has 3 fully saturated rings. The van der Waals surface area contributed by atoms with E-state index in [0.717, 1.165) is 20.5 Å². The molecular formula is C98H126BBrCl9F8N9O10. The first-order valence-corrected chi connectivity index (χ1v) is 41.7. The van der Waals surface area contributed by atoms with Crippen LogP contribution < -0.4 is 38.6 Å². The summed E-state index contributed by atoms with van der Waals surface area (Å²) in [6.45, 7) is 13.7. The number of allylic oxidation sites excluding steroid dienone is 1. The maximum absolute atomic E-state index is 15.1. The van der Waals surface area contributed by atoms with Crippen LogP contribution in [0.2, 0.25) is 25.1 Å². The summed E-state index contributed by atoms with van der Waals surface area (Å²) >= 11 is 38.6. The maximum Gasteiger partial charge on any atom is 0.489 e. The standard InChI is InChI=1S/C22H23ClF2N2O3.C17H15ClF2N2O.2C12H9ClFN.C10H16FNO4.C6H6BClO2.C6H5BrFN.C6H12ClN.7CH4.3ClH/c1-22(2,3)30-21(29)27-12-13(24)11-18(27)20(28)26-17-10-6-8-15(19(17)25)14-7-4-5-9-16(14)23;18-13-6-2-1-4-11(13)12-5-3-7-14(16(12)20)22-17(23)15-8-10(19)9-21-15;2*13-10-6-2-1-4-8(10)9-5-3-7-11(15)12(9)14;1-10(2,3)16-9(15)12-5-6(11)4-7(12)8(13)14;8-6-4-2-1-3-5(6)7(9)10;7-4-2-1-3-5(9)6(4)8;1-5(2)6(7)8(3)4;;;;;;;;;;/h4-10,13,18H,11-12H2,1-3H3,(H,26,28);1-7,10,15,21H,8-9H2,(H,22,23);2*1-7H,15H2;6-7H,4-5H2,1-3H3,(H,13,14);1-4,9-10H;1-3H,9H2;1-4H3;7*1H4;3*1H/t13-,18+;10-,15+;;;6-,7+;;;;;;;;;;;;;/m11..1............./s1. The van der Waals surface area contributed by atoms with Gasteiger partial charge in [-0.3, -0.25) is 19.4 Å². The van der Waals surface area contributed by atoms with Gasteiger partial charge in [0.1, 0.15) is 47.0 Å². The molecule has 3 aliphatic heterocycles. The minimum absolute atomic E-state index is 0. The Morgan fingerprint density at radius 1 is 0.441 bits per heavy atom. The van der Waals surface area contributed by atoms with Gasteiger partial charge >= 0.3 is 25.3 Å². The van der Waals surface area contributed by atoms with E-state index < -0.39 is 114 Å². The van der Waals surface area contributed by atoms with Crippen LogP contribution in [-0.4, -0.2) is 149 Å². The number of nitrogen functional groups attached to an aromatic ring is 3. The largest absolute Gasteiger partial charge is 0.489 e. The molecule has 136 heavy (non-hydrogen) atoms. The summed E-state index contributed by atoms with van der Waals surface area (Å²) in [5.74, 6) is -4.81. The van der Waals surface area contributed by atoms with Gasteiger partial charge < -0.3 is 62.7 Å². The number of carboxylic acids is 1. The third-order valence-electron chi connectivity index (χ3n) is 17.9. The second-order valence-electron chi connectivity index (χ2n) is 30.5. The second kappa shape index (κ2) is 63.9. The van der Waals surface area contributed by atoms with Crippen molar-refractivity contribution >= 4 is 194 Å². The fraction of sp³-hybridized carbons (Fsp3) is 0.316. The van der Waals surface area contributed by atoms with E-state index in [1.807, 2.05) is 45.0 Å². The number of aliphatic carboxylic acids is 1. The number of hydrogen-bond acceptors (Lipinski definition) is 14. The summed E-state index contributed by atoms with van der Waals surface area (Å²) in [5, 5.41) is 37.0. The molecule has 12 N–H and O–H groups in total. The number of benzene rings is 10. The first-order valence-electron chi connectivity index (χ1n) is 38.7. The summed E-state index contributed by atoms with van der Waals surface area (Å²) in [6.07, 6.45) is -5.54. The van der Waals surface area contributed by atoms with Gasteiger partial charge in [0.25, 0.3) is 0 Å². The number of nitrogens with two attached hydrogens (primary N) is 3. The van der Waals surface area contributed by atoms with Gasteiger partial charge in [-0.05, 0) is 144 Å². The number of nitrogens with zero attached hydrogens (tertiary/aromatic N) is 3. The zero-order chi connectivity index (χ0) is 93.8. The predicted octanol–water partition coefficient (Wildman–Crippen LogP) is 28.0. The highest BCUT2D eigenvalue weighted by Crippen LogP contribution is 2.38. The van der Waals surface area contributed by atoms with Crippen molar-refractivity contribution in [1.29, 1.82) is 0 Å². The molecule has 0 bridgehead atoms. The van der Waals surface area contributed by atoms with Crippen molar-refractivity contribution in [1.82, 2.24) is 20.0 Å². The number of carboxylic acid groups (broad SMARTS) is 1. The SMILES string of the molecule is C.C.C.C.C.C.C.CC(C)(C)OC(=O)N1C[C@H](F)C[C@H]1C(=O)Nc1cccc(-c2ccccc2Cl)c1F.CC(C)(C)OC(=O)N1C[C@H](F)C[C@H]1C(=O)O.CC(C)=C(Cl)N(C)C.Cl.Cl.Cl.Nc1cccc(-c2ccccc2Cl)c1F.Nc1cccc(-c2ccccc2Cl)c1F.Nc1cccc(Br)c1F.O=C(Nc1cccc(-c2ccccc2Cl)c1F)[C@@H]1C[C@@H](F)CN1.OB(O)c1ccccc1Cl. The molecule has 0 spiro atoms. The van der Waals surface area contributed by atoms with Crippen LogP contribution in [0.1, 0.15) is 127 Å². The van der Waals surface area contributed by atoms with Crippen LogP contribution in [0, 0.1) is 29.1 Å². The first-order chi connectivity index (χ1) is 59.2. The Morgan fingerprint density at radius 2 is 0.743 bits per heavy atom. The minimum atomic E-state index is -1.48. The fourth-order valence-corrected chi connectivity index (χ4v) is 13.5. The first kappa shape index (κ1) is 135. The lowest BCUT2D eigenvalue weighted by atomic mass is 9.80. The molecule has 13 rings (SSSR count). The van der Waals surface area contributed by atoms with Crippen LogP contribution in [0.5, 0.6) is 0 Å². The number of carbonyl (C=O) groups is 5. The number of rotatable bonds is 11. The van der Waals surface area contributed by atoms with Crippen molar-refractivity contribution in [3.8, 4) is 44.5 Å². The smallest absolute Gasteiger partial charge is 0.480 e. The topological polar surface area (TPSA) is 288 Å². The lowest BCUT2D eigenvalue weighted by Gasteiger charge is -2.27. The molecule has 10 aromatic carbocycles. The molecular weight excluding hydrogens is 2020 g/mol. The van der Waals surface area contributed by atoms with Gasteiger partial charge in [0.05, 0.1) is 52.0 Å². The number of hydrogen-bond donors (Lipinski definition) is 9. The number of carbonyl (C=O) groups excluding carboxylic acids is 4. The highest BCUT2D eigenvalue weighted by Gasteiger charge is 2.44. The van der Waals surface area contributed by atoms with E-state index in [9.17, 15) is 54.7 Å². The number of nitrogens with one attached hydrogen (secondary N) is 3. The van der Waals surface area contributed by atoms with Crippen molar-refractivity contribution in [3.05, 3.63) is 282 Å². The third kappa shape index (κ3) is 41.3. The van der Waals surface area contributed by atoms with Gasteiger partial charge in [-0.15, -0.1) is 37.2 Å². The molecule has 0 unspecified atom stereocenters. The molecule has 0 radical (unpaired) electrons. The van der Waals surface area contributed by atoms with Crippen LogP contribution >= 0.6 is 123 Å². The highest BCUT2D eigenvalue weighted by atomic mass is 79.9. The maximum atomic E-state index is 15.1. The quantitative estimate of drug-likeness (QED) is 0.0252. The Morgan fingerprint density at radius 3 is 1.03 bits per heavy atom. The van der Waals surface area contributed by atoms with E-state index in [1.54, 1.807) is 211 Å². The molecule has 6 atom stereocenters. The zero-order valence-electron chi connectivity index (χ0n) is 71.2. The Hall–Kier alpha value is -9.44. The summed E-state index contributed by atoms with van der Waals surface area (Å²) in [7, 11) is 2.37. The minimum Gasteiger partial charge on any atom is -0.480 e. The van der Waals surface area contributed by atoms with Crippen LogP contribution in [-0.2, 0) is 23.9 Å². The molecule has 0 saturated carbocycles. The molecule has 3 saturated heterocycles. The lowest BCUT2D eigenvalue weighted by Crippen LogP contribution is -2.45. The van der Waals surface area contributed by atoms with Crippen molar-refractivity contribution in [2.24, 2.45) is 0 Å². The third-order valence-corrected chi connectivity index (χ3v) is 20.9. The summed E-state index contributed by atoms with van der Waals surface area (Å²) < 4.78 is 121. The van der Waals surface area contributed by atoms with Crippen LogP contribution in [0.15, 0.2) is 228 Å². The van der Waals surface area contributed by atoms with E-state index in [-0.39, 0.29) is 162 Å². The van der Waals surface area contributed by atoms with Crippen molar-refractivity contribution in [3.63, 3.8) is 0 Å². The predicted molar refractivity (Wildman–Crippen MR) is 561 cm³/mol. The molecule has 3 heterocycles. The van der Waals surface area contributed by atoms with E-state index in [4.69, 9.17) is 111 Å². The Balaban J connectivity index is -0.000000492. The van der Waals surface area contributed by atoms with Gasteiger partial charge in [0, 0.05) is 115 Å². The van der Waals surface area contributed by atoms with E-state index >= 15 is 4.39 Å².